The van der Waals surface area contributed by atoms with Gasteiger partial charge in [0, 0.05) is 25.1 Å². The average molecular weight is 382 g/mol. The van der Waals surface area contributed by atoms with Gasteiger partial charge in [0.15, 0.2) is 0 Å². The Labute approximate surface area is 167 Å². The van der Waals surface area contributed by atoms with Gasteiger partial charge in [-0.2, -0.15) is 10.2 Å². The van der Waals surface area contributed by atoms with E-state index in [1.165, 1.54) is 0 Å². The molecule has 1 N–H and O–H groups in total. The van der Waals surface area contributed by atoms with Crippen LogP contribution in [0, 0.1) is 11.3 Å². The summed E-state index contributed by atoms with van der Waals surface area (Å²) in [7, 11) is 0. The van der Waals surface area contributed by atoms with Gasteiger partial charge in [0.2, 0.25) is 11.7 Å². The fourth-order valence-corrected chi connectivity index (χ4v) is 3.75. The number of imidazole rings is 1. The van der Waals surface area contributed by atoms with Gasteiger partial charge in [-0.1, -0.05) is 47.6 Å². The van der Waals surface area contributed by atoms with E-state index in [9.17, 15) is 5.26 Å². The first-order valence-electron chi connectivity index (χ1n) is 9.43. The van der Waals surface area contributed by atoms with Crippen LogP contribution in [0.5, 0.6) is 0 Å². The van der Waals surface area contributed by atoms with Crippen molar-refractivity contribution in [3.63, 3.8) is 0 Å². The molecule has 0 aliphatic carbocycles. The van der Waals surface area contributed by atoms with E-state index in [1.54, 1.807) is 6.33 Å². The highest BCUT2D eigenvalue weighted by atomic mass is 16.5. The summed E-state index contributed by atoms with van der Waals surface area (Å²) in [4.78, 5) is 14.6. The molecule has 7 heteroatoms. The molecule has 7 nitrogen and oxygen atoms in total. The molecule has 0 spiro atoms. The Morgan fingerprint density at radius 2 is 2.07 bits per heavy atom. The van der Waals surface area contributed by atoms with E-state index in [4.69, 9.17) is 4.52 Å². The minimum absolute atomic E-state index is 0.0819. The Morgan fingerprint density at radius 1 is 1.17 bits per heavy atom. The third-order valence-corrected chi connectivity index (χ3v) is 5.20. The molecule has 0 saturated carbocycles. The molecule has 2 aromatic carbocycles. The van der Waals surface area contributed by atoms with Crippen LogP contribution in [0.1, 0.15) is 34.4 Å². The largest absolute Gasteiger partial charge is 0.347 e. The minimum Gasteiger partial charge on any atom is -0.347 e. The number of H-pyrrole nitrogens is 1. The zero-order chi connectivity index (χ0) is 19.6. The summed E-state index contributed by atoms with van der Waals surface area (Å²) in [5.41, 5.74) is 4.77. The maximum atomic E-state index is 9.20. The number of hydrogen-bond acceptors (Lipinski definition) is 6. The Bertz CT molecular complexity index is 1170. The number of aromatic nitrogens is 4. The van der Waals surface area contributed by atoms with Crippen molar-refractivity contribution in [2.24, 2.45) is 0 Å². The van der Waals surface area contributed by atoms with E-state index >= 15 is 0 Å². The van der Waals surface area contributed by atoms with Crippen molar-refractivity contribution in [2.45, 2.75) is 25.6 Å². The number of benzene rings is 2. The molecule has 4 aromatic rings. The molecule has 5 rings (SSSR count). The van der Waals surface area contributed by atoms with Crippen LogP contribution >= 0.6 is 0 Å². The van der Waals surface area contributed by atoms with Crippen molar-refractivity contribution in [1.82, 2.24) is 25.0 Å². The summed E-state index contributed by atoms with van der Waals surface area (Å²) in [5, 5.41) is 13.4. The van der Waals surface area contributed by atoms with Gasteiger partial charge in [0.1, 0.15) is 0 Å². The molecule has 2 aromatic heterocycles. The molecule has 0 radical (unpaired) electrons. The number of nitrogens with zero attached hydrogens (tertiary/aromatic N) is 5. The monoisotopic (exact) mass is 382 g/mol. The maximum absolute atomic E-state index is 9.20. The SMILES string of the molecule is N#Cc1cccc(CN2Cc3[nH]cnc3CC2c2nc(-c3ccccc3)no2)c1. The number of rotatable bonds is 4. The average Bonchev–Trinajstić information content (AvgIpc) is 3.43. The molecule has 1 unspecified atom stereocenters. The second-order valence-corrected chi connectivity index (χ2v) is 7.09. The zero-order valence-corrected chi connectivity index (χ0v) is 15.6. The van der Waals surface area contributed by atoms with Crippen LogP contribution in [-0.2, 0) is 19.5 Å². The van der Waals surface area contributed by atoms with Crippen LogP contribution in [0.3, 0.4) is 0 Å². The number of nitriles is 1. The summed E-state index contributed by atoms with van der Waals surface area (Å²) in [6.45, 7) is 1.36. The fraction of sp³-hybridized carbons (Fsp3) is 0.182. The van der Waals surface area contributed by atoms with Crippen LogP contribution in [0.4, 0.5) is 0 Å². The third-order valence-electron chi connectivity index (χ3n) is 5.20. The minimum atomic E-state index is -0.0819. The lowest BCUT2D eigenvalue weighted by atomic mass is 10.0. The van der Waals surface area contributed by atoms with Crippen molar-refractivity contribution >= 4 is 0 Å². The normalized spacial score (nSPS) is 16.3. The molecule has 0 saturated heterocycles. The van der Waals surface area contributed by atoms with Crippen molar-refractivity contribution in [3.8, 4) is 17.5 Å². The van der Waals surface area contributed by atoms with Gasteiger partial charge in [0.25, 0.3) is 0 Å². The quantitative estimate of drug-likeness (QED) is 0.579. The lowest BCUT2D eigenvalue weighted by Gasteiger charge is -2.32. The van der Waals surface area contributed by atoms with E-state index in [0.717, 1.165) is 22.5 Å². The van der Waals surface area contributed by atoms with E-state index in [2.05, 4.69) is 31.1 Å². The Hall–Kier alpha value is -3.76. The third kappa shape index (κ3) is 3.42. The maximum Gasteiger partial charge on any atom is 0.244 e. The molecule has 1 atom stereocenters. The van der Waals surface area contributed by atoms with E-state index in [0.29, 0.717) is 36.8 Å². The van der Waals surface area contributed by atoms with E-state index < -0.39 is 0 Å². The van der Waals surface area contributed by atoms with Crippen LogP contribution in [0.2, 0.25) is 0 Å². The van der Waals surface area contributed by atoms with Crippen molar-refractivity contribution in [1.29, 1.82) is 5.26 Å². The second kappa shape index (κ2) is 7.34. The number of hydrogen-bond donors (Lipinski definition) is 1. The number of aromatic amines is 1. The van der Waals surface area contributed by atoms with E-state index in [-0.39, 0.29) is 6.04 Å². The molecule has 3 heterocycles. The Kier molecular flexibility index (Phi) is 4.39. The predicted molar refractivity (Wildman–Crippen MR) is 105 cm³/mol. The first kappa shape index (κ1) is 17.3. The summed E-state index contributed by atoms with van der Waals surface area (Å²) in [6.07, 6.45) is 2.41. The van der Waals surface area contributed by atoms with Gasteiger partial charge in [-0.3, -0.25) is 4.90 Å². The van der Waals surface area contributed by atoms with Crippen molar-refractivity contribution < 1.29 is 4.52 Å². The predicted octanol–water partition coefficient (Wildman–Crippen LogP) is 3.63. The lowest BCUT2D eigenvalue weighted by Crippen LogP contribution is -2.34. The molecule has 29 heavy (non-hydrogen) atoms. The second-order valence-electron chi connectivity index (χ2n) is 7.09. The van der Waals surface area contributed by atoms with Crippen LogP contribution < -0.4 is 0 Å². The molecule has 1 aliphatic rings. The first-order valence-corrected chi connectivity index (χ1v) is 9.43. The van der Waals surface area contributed by atoms with Gasteiger partial charge in [0.05, 0.1) is 35.4 Å². The van der Waals surface area contributed by atoms with Gasteiger partial charge < -0.3 is 9.51 Å². The van der Waals surface area contributed by atoms with Crippen molar-refractivity contribution in [3.05, 3.63) is 89.3 Å². The molecular weight excluding hydrogens is 364 g/mol. The summed E-state index contributed by atoms with van der Waals surface area (Å²) < 4.78 is 5.67. The molecule has 0 fully saturated rings. The van der Waals surface area contributed by atoms with Gasteiger partial charge in [-0.05, 0) is 17.7 Å². The van der Waals surface area contributed by atoms with E-state index in [1.807, 2.05) is 54.6 Å². The standard InChI is InChI=1S/C22H18N6O/c23-11-15-5-4-6-16(9-15)12-28-13-19-18(24-14-25-19)10-20(28)22-26-21(27-29-22)17-7-2-1-3-8-17/h1-9,14,20H,10,12-13H2,(H,24,25). The molecule has 142 valence electrons. The van der Waals surface area contributed by atoms with Gasteiger partial charge >= 0.3 is 0 Å². The highest BCUT2D eigenvalue weighted by Gasteiger charge is 2.33. The smallest absolute Gasteiger partial charge is 0.244 e. The summed E-state index contributed by atoms with van der Waals surface area (Å²) >= 11 is 0. The topological polar surface area (TPSA) is 94.6 Å². The molecule has 1 aliphatic heterocycles. The summed E-state index contributed by atoms with van der Waals surface area (Å²) in [6, 6.07) is 19.6. The van der Waals surface area contributed by atoms with Gasteiger partial charge in [-0.25, -0.2) is 4.98 Å². The molecule has 0 bridgehead atoms. The highest BCUT2D eigenvalue weighted by molar-refractivity contribution is 5.53. The van der Waals surface area contributed by atoms with Crippen LogP contribution in [0.25, 0.3) is 11.4 Å². The molecular formula is C22H18N6O. The van der Waals surface area contributed by atoms with Crippen molar-refractivity contribution in [2.75, 3.05) is 0 Å². The lowest BCUT2D eigenvalue weighted by molar-refractivity contribution is 0.128. The van der Waals surface area contributed by atoms with Gasteiger partial charge in [-0.15, -0.1) is 0 Å². The summed E-state index contributed by atoms with van der Waals surface area (Å²) in [5.74, 6) is 1.16. The zero-order valence-electron chi connectivity index (χ0n) is 15.6. The molecule has 0 amide bonds. The number of fused-ring (bicyclic) bond motifs is 1. The fourth-order valence-electron chi connectivity index (χ4n) is 3.75. The Morgan fingerprint density at radius 3 is 2.93 bits per heavy atom. The highest BCUT2D eigenvalue weighted by Crippen LogP contribution is 2.33. The van der Waals surface area contributed by atoms with Crippen LogP contribution in [0.15, 0.2) is 65.4 Å². The first-order chi connectivity index (χ1) is 14.3. The number of nitrogens with one attached hydrogen (secondary N) is 1. The van der Waals surface area contributed by atoms with Crippen LogP contribution in [-0.4, -0.2) is 25.0 Å². The Balaban J connectivity index is 1.47.